The van der Waals surface area contributed by atoms with Gasteiger partial charge in [-0.15, -0.1) is 42.0 Å². The monoisotopic (exact) mass is 2010 g/mol. The number of nitrogens with zero attached hydrogens (tertiary/aromatic N) is 11. The summed E-state index contributed by atoms with van der Waals surface area (Å²) >= 11 is 0. The largest absolute Gasteiger partial charge is 2.00 e. The summed E-state index contributed by atoms with van der Waals surface area (Å²) in [4.78, 5) is 21.0. The molecule has 0 unspecified atom stereocenters. The second-order valence-corrected chi connectivity index (χ2v) is 41.5. The van der Waals surface area contributed by atoms with E-state index in [9.17, 15) is 0 Å². The predicted molar refractivity (Wildman–Crippen MR) is 587 cm³/mol. The minimum atomic E-state index is 0. The number of fused-ring (bicyclic) bond motifs is 13. The van der Waals surface area contributed by atoms with Crippen molar-refractivity contribution in [3.8, 4) is 114 Å². The normalized spacial score (nSPS) is 12.2. The molecular weight excluding hydrogens is 1910 g/mol. The van der Waals surface area contributed by atoms with Gasteiger partial charge in [-0.3, -0.25) is 25.0 Å². The fourth-order valence-electron chi connectivity index (χ4n) is 20.8. The van der Waals surface area contributed by atoms with Gasteiger partial charge in [0.1, 0.15) is 11.6 Å². The van der Waals surface area contributed by atoms with Crippen molar-refractivity contribution in [2.75, 3.05) is 0 Å². The van der Waals surface area contributed by atoms with E-state index in [1.165, 1.54) is 65.9 Å². The Morgan fingerprint density at radius 2 is 0.444 bits per heavy atom. The van der Waals surface area contributed by atoms with E-state index < -0.39 is 0 Å². The number of rotatable bonds is 13. The molecule has 688 valence electrons. The molecular formula is C130H103N11Pt. The molecule has 12 heteroatoms. The summed E-state index contributed by atoms with van der Waals surface area (Å²) in [5.41, 5.74) is 36.9. The number of hydrogen-bond donors (Lipinski definition) is 0. The van der Waals surface area contributed by atoms with Gasteiger partial charge in [-0.1, -0.05) is 264 Å². The zero-order valence-corrected chi connectivity index (χ0v) is 83.7. The maximum Gasteiger partial charge on any atom is 2.00 e. The molecule has 0 radical (unpaired) electrons. The molecule has 0 atom stereocenters. The van der Waals surface area contributed by atoms with Crippen LogP contribution in [0.5, 0.6) is 0 Å². The van der Waals surface area contributed by atoms with Crippen LogP contribution < -0.4 is 0 Å². The molecule has 0 aliphatic carbocycles. The topological polar surface area (TPSA) is 86.1 Å². The molecule has 0 spiro atoms. The van der Waals surface area contributed by atoms with E-state index in [0.29, 0.717) is 0 Å². The van der Waals surface area contributed by atoms with E-state index in [4.69, 9.17) is 26.4 Å². The van der Waals surface area contributed by atoms with Gasteiger partial charge in [0.25, 0.3) is 0 Å². The average Bonchev–Trinajstić information content (AvgIpc) is 1.58. The van der Waals surface area contributed by atoms with Crippen LogP contribution in [0.15, 0.2) is 406 Å². The third-order valence-electron chi connectivity index (χ3n) is 28.2. The number of aromatic nitrogens is 11. The van der Waals surface area contributed by atoms with E-state index >= 15 is 0 Å². The van der Waals surface area contributed by atoms with Gasteiger partial charge in [0.15, 0.2) is 0 Å². The molecule has 0 amide bonds. The predicted octanol–water partition coefficient (Wildman–Crippen LogP) is 32.9. The molecule has 0 aliphatic heterocycles. The van der Waals surface area contributed by atoms with Gasteiger partial charge in [0.05, 0.1) is 88.9 Å². The van der Waals surface area contributed by atoms with Crippen LogP contribution in [0.3, 0.4) is 0 Å². The van der Waals surface area contributed by atoms with Crippen molar-refractivity contribution in [1.29, 1.82) is 0 Å². The second-order valence-electron chi connectivity index (χ2n) is 41.5. The first-order chi connectivity index (χ1) is 68.4. The van der Waals surface area contributed by atoms with Crippen LogP contribution >= 0.6 is 0 Å². The van der Waals surface area contributed by atoms with Crippen molar-refractivity contribution in [2.24, 2.45) is 0 Å². The van der Waals surface area contributed by atoms with Crippen molar-refractivity contribution >= 4 is 110 Å². The molecule has 7 aromatic heterocycles. The van der Waals surface area contributed by atoms with E-state index in [1.54, 1.807) is 0 Å². The third kappa shape index (κ3) is 15.7. The van der Waals surface area contributed by atoms with E-state index in [2.05, 4.69) is 497 Å². The summed E-state index contributed by atoms with van der Waals surface area (Å²) in [5, 5.41) is 7.41. The van der Waals surface area contributed by atoms with Crippen molar-refractivity contribution in [1.82, 2.24) is 51.9 Å². The Morgan fingerprint density at radius 3 is 0.754 bits per heavy atom. The van der Waals surface area contributed by atoms with Crippen LogP contribution in [0, 0.1) is 18.4 Å². The zero-order valence-electron chi connectivity index (χ0n) is 81.4. The maximum atomic E-state index is 7.70. The van der Waals surface area contributed by atoms with Gasteiger partial charge in [-0.25, -0.2) is 9.97 Å². The van der Waals surface area contributed by atoms with Crippen molar-refractivity contribution in [3.05, 3.63) is 447 Å². The quantitative estimate of drug-likeness (QED) is 0.0850. The summed E-state index contributed by atoms with van der Waals surface area (Å²) in [6.07, 6.45) is 7.70. The standard InChI is InChI=1S/C72H67N6.C58H36N5.Pt/c1-69(2,3)47-24-36-61-55(41-47)56-42-48(70(4,5)6)25-37-62(56)75(61)51-28-32-53(33-29-51)77-65-22-15-13-20-59(65)73-67(77)45-18-17-19-46(40-45)68-74-60-21-14-16-23-66(60)78(68)54-34-30-52(31-35-54)76-63-38-26-49(71(7,8)9)43-57(63)58-44-50(72(10,11)12)27-39-64(58)76;1-2-39-27-31-48(32-28-39)61-53-33-29-42(40-15-13-17-44(35-40)57-59-51-23-9-11-25-55(51)62(57)46-19-5-3-6-20-46)37-49(53)50-38-43(30-34-54(50)61)41-16-14-18-45(36-41)58-60-52-24-10-12-26-56(52)63(58)47-21-7-4-8-22-47;/h13-39,41-44H,1-12H3;3-38H;/q2*-1;+2. The van der Waals surface area contributed by atoms with Crippen LogP contribution in [-0.4, -0.2) is 51.9 Å². The Labute approximate surface area is 841 Å². The minimum absolute atomic E-state index is 0. The molecule has 0 saturated carbocycles. The summed E-state index contributed by atoms with van der Waals surface area (Å²) in [5.74, 6) is 5.96. The molecule has 0 saturated heterocycles. The van der Waals surface area contributed by atoms with Gasteiger partial charge in [0.2, 0.25) is 0 Å². The first kappa shape index (κ1) is 89.4. The molecule has 0 aliphatic rings. The number of para-hydroxylation sites is 10. The smallest absolute Gasteiger partial charge is 0.366 e. The minimum Gasteiger partial charge on any atom is -0.366 e. The summed E-state index contributed by atoms with van der Waals surface area (Å²) in [6, 6.07) is 150. The van der Waals surface area contributed by atoms with Crippen LogP contribution in [0.1, 0.15) is 111 Å². The summed E-state index contributed by atoms with van der Waals surface area (Å²) in [6.45, 7) is 27.5. The molecule has 142 heavy (non-hydrogen) atoms. The van der Waals surface area contributed by atoms with Crippen molar-refractivity contribution in [2.45, 2.75) is 105 Å². The fourth-order valence-corrected chi connectivity index (χ4v) is 20.8. The Balaban J connectivity index is 0.000000160. The molecule has 18 aromatic carbocycles. The van der Waals surface area contributed by atoms with Crippen LogP contribution in [0.4, 0.5) is 0 Å². The van der Waals surface area contributed by atoms with Gasteiger partial charge >= 0.3 is 21.1 Å². The summed E-state index contributed by atoms with van der Waals surface area (Å²) < 4.78 is 16.2. The maximum absolute atomic E-state index is 7.70. The average molecular weight is 2010 g/mol. The van der Waals surface area contributed by atoms with Crippen LogP contribution in [0.2, 0.25) is 0 Å². The molecule has 25 aromatic rings. The van der Waals surface area contributed by atoms with Crippen LogP contribution in [-0.2, 0) is 42.7 Å². The molecule has 0 N–H and O–H groups in total. The molecule has 25 rings (SSSR count). The molecule has 11 nitrogen and oxygen atoms in total. The first-order valence-electron chi connectivity index (χ1n) is 48.6. The molecule has 7 heterocycles. The third-order valence-corrected chi connectivity index (χ3v) is 28.2. The van der Waals surface area contributed by atoms with Crippen molar-refractivity contribution < 1.29 is 21.1 Å². The number of hydrogen-bond acceptors (Lipinski definition) is 4. The summed E-state index contributed by atoms with van der Waals surface area (Å²) in [7, 11) is 0. The number of imidazole rings is 4. The molecule has 0 fully saturated rings. The zero-order chi connectivity index (χ0) is 96.1. The van der Waals surface area contributed by atoms with Gasteiger partial charge in [-0.2, -0.15) is 0 Å². The Kier molecular flexibility index (Phi) is 21.9. The van der Waals surface area contributed by atoms with Gasteiger partial charge in [0, 0.05) is 83.3 Å². The Bertz CT molecular complexity index is 8670. The first-order valence-corrected chi connectivity index (χ1v) is 48.6. The number of benzene rings is 18. The SMILES string of the molecule is CC(C)(C)c1ccc2c(c1)c1cc(C(C)(C)C)ccc1n2-c1ccc(-n2c(-c3[c-]c(-c4nc5ccccc5n4-c4ccc(-n5c6ccc(C(C)(C)C)cc6c6cc(C(C)(C)C)ccc65)cc4)ccc3)nc3ccccc32)cc1.[C-]#Cc1ccc(-n2c3ccc(-c4cccc(-c5nc6ccccc6n5-c5ccccc5)c4)cc3c3cc(-c4cccc(-c5nc6ccccc6n5-c5ccccc5)c4)ccc32)cc1.[Pt+2]. The Morgan fingerprint density at radius 1 is 0.204 bits per heavy atom. The fraction of sp³-hybridized carbons (Fsp3) is 0.123. The van der Waals surface area contributed by atoms with Gasteiger partial charge < -0.3 is 29.3 Å². The van der Waals surface area contributed by atoms with E-state index in [0.717, 1.165) is 179 Å². The Hall–Kier alpha value is -16.5. The van der Waals surface area contributed by atoms with E-state index in [1.807, 2.05) is 36.4 Å². The van der Waals surface area contributed by atoms with Gasteiger partial charge in [-0.05, 0) is 272 Å². The second kappa shape index (κ2) is 34.8. The molecule has 0 bridgehead atoms. The van der Waals surface area contributed by atoms with Crippen molar-refractivity contribution in [3.63, 3.8) is 0 Å². The van der Waals surface area contributed by atoms with Crippen LogP contribution in [0.25, 0.3) is 217 Å². The van der Waals surface area contributed by atoms with E-state index in [-0.39, 0.29) is 42.7 Å².